The lowest BCUT2D eigenvalue weighted by Gasteiger charge is -2.13. The molecule has 0 aliphatic rings. The van der Waals surface area contributed by atoms with Gasteiger partial charge < -0.3 is 14.2 Å². The Balaban J connectivity index is 2.16. The zero-order chi connectivity index (χ0) is 17.4. The first kappa shape index (κ1) is 18.3. The van der Waals surface area contributed by atoms with Crippen molar-refractivity contribution in [1.29, 1.82) is 0 Å². The third kappa shape index (κ3) is 5.26. The Morgan fingerprint density at radius 3 is 2.62 bits per heavy atom. The van der Waals surface area contributed by atoms with Gasteiger partial charge in [-0.25, -0.2) is 4.79 Å². The molecule has 2 aromatic rings. The average Bonchev–Trinajstić information content (AvgIpc) is 2.59. The van der Waals surface area contributed by atoms with Crippen LogP contribution in [0.25, 0.3) is 6.08 Å². The SMILES string of the molecule is CCOC(=O)/C=C/c1cc(I)c(OCc2ccccc2)c(OC)c1. The fourth-order valence-corrected chi connectivity index (χ4v) is 2.84. The van der Waals surface area contributed by atoms with Crippen LogP contribution in [-0.2, 0) is 16.1 Å². The van der Waals surface area contributed by atoms with Gasteiger partial charge in [-0.15, -0.1) is 0 Å². The Bertz CT molecular complexity index is 711. The molecule has 0 N–H and O–H groups in total. The highest BCUT2D eigenvalue weighted by Gasteiger charge is 2.11. The van der Waals surface area contributed by atoms with Crippen molar-refractivity contribution in [2.24, 2.45) is 0 Å². The number of benzene rings is 2. The second kappa shape index (κ2) is 9.32. The first-order valence-electron chi connectivity index (χ1n) is 7.53. The molecular formula is C19H19IO4. The highest BCUT2D eigenvalue weighted by atomic mass is 127. The molecule has 2 aromatic carbocycles. The summed E-state index contributed by atoms with van der Waals surface area (Å²) in [6.07, 6.45) is 3.10. The summed E-state index contributed by atoms with van der Waals surface area (Å²) in [6.45, 7) is 2.60. The van der Waals surface area contributed by atoms with E-state index < -0.39 is 0 Å². The van der Waals surface area contributed by atoms with E-state index in [4.69, 9.17) is 14.2 Å². The summed E-state index contributed by atoms with van der Waals surface area (Å²) in [7, 11) is 1.60. The van der Waals surface area contributed by atoms with Crippen LogP contribution < -0.4 is 9.47 Å². The van der Waals surface area contributed by atoms with Crippen LogP contribution in [-0.4, -0.2) is 19.7 Å². The van der Waals surface area contributed by atoms with Crippen LogP contribution in [0.1, 0.15) is 18.1 Å². The van der Waals surface area contributed by atoms with Gasteiger partial charge in [0.15, 0.2) is 11.5 Å². The van der Waals surface area contributed by atoms with Gasteiger partial charge in [-0.1, -0.05) is 30.3 Å². The molecule has 0 radical (unpaired) electrons. The predicted octanol–water partition coefficient (Wildman–Crippen LogP) is 4.46. The zero-order valence-electron chi connectivity index (χ0n) is 13.6. The molecule has 0 bridgehead atoms. The van der Waals surface area contributed by atoms with Crippen LogP contribution in [0.3, 0.4) is 0 Å². The van der Waals surface area contributed by atoms with E-state index in [1.807, 2.05) is 42.5 Å². The quantitative estimate of drug-likeness (QED) is 0.364. The highest BCUT2D eigenvalue weighted by molar-refractivity contribution is 14.1. The van der Waals surface area contributed by atoms with E-state index in [9.17, 15) is 4.79 Å². The highest BCUT2D eigenvalue weighted by Crippen LogP contribution is 2.35. The van der Waals surface area contributed by atoms with Gasteiger partial charge in [0.2, 0.25) is 0 Å². The van der Waals surface area contributed by atoms with E-state index in [-0.39, 0.29) is 5.97 Å². The molecule has 0 fully saturated rings. The van der Waals surface area contributed by atoms with E-state index >= 15 is 0 Å². The van der Waals surface area contributed by atoms with Crippen molar-refractivity contribution in [3.05, 3.63) is 63.2 Å². The largest absolute Gasteiger partial charge is 0.493 e. The lowest BCUT2D eigenvalue weighted by molar-refractivity contribution is -0.137. The van der Waals surface area contributed by atoms with E-state index in [2.05, 4.69) is 22.6 Å². The molecule has 0 heterocycles. The number of halogens is 1. The maximum Gasteiger partial charge on any atom is 0.330 e. The number of hydrogen-bond acceptors (Lipinski definition) is 4. The number of rotatable bonds is 7. The van der Waals surface area contributed by atoms with Crippen LogP contribution >= 0.6 is 22.6 Å². The lowest BCUT2D eigenvalue weighted by Crippen LogP contribution is -2.00. The minimum Gasteiger partial charge on any atom is -0.493 e. The number of ether oxygens (including phenoxy) is 3. The second-order valence-electron chi connectivity index (χ2n) is 4.89. The third-order valence-electron chi connectivity index (χ3n) is 3.18. The molecule has 0 saturated heterocycles. The van der Waals surface area contributed by atoms with Crippen molar-refractivity contribution in [3.8, 4) is 11.5 Å². The van der Waals surface area contributed by atoms with Gasteiger partial charge in [-0.2, -0.15) is 0 Å². The van der Waals surface area contributed by atoms with Crippen molar-refractivity contribution in [3.63, 3.8) is 0 Å². The number of carbonyl (C=O) groups excluding carboxylic acids is 1. The van der Waals surface area contributed by atoms with Crippen LogP contribution in [0, 0.1) is 3.57 Å². The smallest absolute Gasteiger partial charge is 0.330 e. The summed E-state index contributed by atoms with van der Waals surface area (Å²) in [6, 6.07) is 13.7. The molecule has 0 saturated carbocycles. The maximum atomic E-state index is 11.4. The Morgan fingerprint density at radius 1 is 1.21 bits per heavy atom. The molecule has 0 aliphatic heterocycles. The first-order valence-corrected chi connectivity index (χ1v) is 8.61. The van der Waals surface area contributed by atoms with Gasteiger partial charge in [0.25, 0.3) is 0 Å². The van der Waals surface area contributed by atoms with Gasteiger partial charge in [0.05, 0.1) is 17.3 Å². The minimum atomic E-state index is -0.365. The fourth-order valence-electron chi connectivity index (χ4n) is 2.06. The second-order valence-corrected chi connectivity index (χ2v) is 6.06. The van der Waals surface area contributed by atoms with E-state index in [0.717, 1.165) is 14.7 Å². The number of hydrogen-bond donors (Lipinski definition) is 0. The molecule has 4 nitrogen and oxygen atoms in total. The Labute approximate surface area is 155 Å². The molecule has 0 amide bonds. The molecule has 0 aromatic heterocycles. The summed E-state index contributed by atoms with van der Waals surface area (Å²) in [5, 5.41) is 0. The molecule has 2 rings (SSSR count). The molecule has 24 heavy (non-hydrogen) atoms. The summed E-state index contributed by atoms with van der Waals surface area (Å²) in [5.74, 6) is 0.951. The summed E-state index contributed by atoms with van der Waals surface area (Å²) < 4.78 is 17.1. The van der Waals surface area contributed by atoms with Crippen molar-refractivity contribution < 1.29 is 19.0 Å². The number of carbonyl (C=O) groups is 1. The average molecular weight is 438 g/mol. The first-order chi connectivity index (χ1) is 11.6. The van der Waals surface area contributed by atoms with Crippen LogP contribution in [0.5, 0.6) is 11.5 Å². The van der Waals surface area contributed by atoms with E-state index in [1.54, 1.807) is 20.1 Å². The molecule has 0 unspecified atom stereocenters. The summed E-state index contributed by atoms with van der Waals surface area (Å²) in [4.78, 5) is 11.4. The molecule has 0 atom stereocenters. The Kier molecular flexibility index (Phi) is 7.11. The van der Waals surface area contributed by atoms with Crippen LogP contribution in [0.4, 0.5) is 0 Å². The summed E-state index contributed by atoms with van der Waals surface area (Å²) >= 11 is 2.20. The molecule has 0 aliphatic carbocycles. The standard InChI is InChI=1S/C19H19IO4/c1-3-23-18(21)10-9-15-11-16(20)19(17(12-15)22-2)24-13-14-7-5-4-6-8-14/h4-12H,3,13H2,1-2H3/b10-9+. The Morgan fingerprint density at radius 2 is 1.96 bits per heavy atom. The van der Waals surface area contributed by atoms with Gasteiger partial charge in [0, 0.05) is 6.08 Å². The van der Waals surface area contributed by atoms with Gasteiger partial charge in [-0.05, 0) is 58.9 Å². The monoisotopic (exact) mass is 438 g/mol. The molecule has 126 valence electrons. The molecule has 0 spiro atoms. The van der Waals surface area contributed by atoms with Crippen molar-refractivity contribution in [2.75, 3.05) is 13.7 Å². The topological polar surface area (TPSA) is 44.8 Å². The number of esters is 1. The Hall–Kier alpha value is -2.02. The zero-order valence-corrected chi connectivity index (χ0v) is 15.8. The maximum absolute atomic E-state index is 11.4. The molecular weight excluding hydrogens is 419 g/mol. The normalized spacial score (nSPS) is 10.6. The lowest BCUT2D eigenvalue weighted by atomic mass is 10.2. The number of methoxy groups -OCH3 is 1. The predicted molar refractivity (Wildman–Crippen MR) is 102 cm³/mol. The third-order valence-corrected chi connectivity index (χ3v) is 3.98. The van der Waals surface area contributed by atoms with Crippen molar-refractivity contribution >= 4 is 34.6 Å². The minimum absolute atomic E-state index is 0.357. The van der Waals surface area contributed by atoms with Crippen LogP contribution in [0.2, 0.25) is 0 Å². The van der Waals surface area contributed by atoms with Crippen molar-refractivity contribution in [2.45, 2.75) is 13.5 Å². The summed E-state index contributed by atoms with van der Waals surface area (Å²) in [5.41, 5.74) is 1.93. The van der Waals surface area contributed by atoms with E-state index in [1.165, 1.54) is 6.08 Å². The fraction of sp³-hybridized carbons (Fsp3) is 0.211. The van der Waals surface area contributed by atoms with Gasteiger partial charge in [-0.3, -0.25) is 0 Å². The van der Waals surface area contributed by atoms with Crippen LogP contribution in [0.15, 0.2) is 48.5 Å². The van der Waals surface area contributed by atoms with Gasteiger partial charge in [0.1, 0.15) is 6.61 Å². The van der Waals surface area contributed by atoms with Crippen molar-refractivity contribution in [1.82, 2.24) is 0 Å². The van der Waals surface area contributed by atoms with E-state index in [0.29, 0.717) is 24.7 Å². The van der Waals surface area contributed by atoms with Gasteiger partial charge >= 0.3 is 5.97 Å². The molecule has 5 heteroatoms.